The van der Waals surface area contributed by atoms with E-state index in [-0.39, 0.29) is 12.5 Å². The Labute approximate surface area is 159 Å². The van der Waals surface area contributed by atoms with Crippen molar-refractivity contribution in [2.24, 2.45) is 0 Å². The molecule has 1 heterocycles. The third-order valence-electron chi connectivity index (χ3n) is 4.46. The van der Waals surface area contributed by atoms with E-state index >= 15 is 0 Å². The molecular formula is C19H23N3O4S. The van der Waals surface area contributed by atoms with Gasteiger partial charge in [0.15, 0.2) is 0 Å². The van der Waals surface area contributed by atoms with Crippen molar-refractivity contribution in [1.82, 2.24) is 9.21 Å². The highest BCUT2D eigenvalue weighted by atomic mass is 32.2. The lowest BCUT2D eigenvalue weighted by Gasteiger charge is -2.33. The van der Waals surface area contributed by atoms with Crippen LogP contribution in [0.15, 0.2) is 59.5 Å². The van der Waals surface area contributed by atoms with E-state index in [0.717, 1.165) is 0 Å². The lowest BCUT2D eigenvalue weighted by molar-refractivity contribution is -0.117. The molecule has 1 aliphatic heterocycles. The second-order valence-corrected chi connectivity index (χ2v) is 8.18. The van der Waals surface area contributed by atoms with Gasteiger partial charge in [-0.25, -0.2) is 8.42 Å². The van der Waals surface area contributed by atoms with E-state index in [1.165, 1.54) is 4.31 Å². The van der Waals surface area contributed by atoms with Crippen molar-refractivity contribution in [2.45, 2.75) is 4.90 Å². The second kappa shape index (κ2) is 8.51. The van der Waals surface area contributed by atoms with Gasteiger partial charge in [-0.15, -0.1) is 0 Å². The molecule has 1 aliphatic rings. The highest BCUT2D eigenvalue weighted by Crippen LogP contribution is 2.23. The third-order valence-corrected chi connectivity index (χ3v) is 6.37. The maximum absolute atomic E-state index is 12.6. The molecule has 0 aromatic heterocycles. The van der Waals surface area contributed by atoms with Crippen molar-refractivity contribution < 1.29 is 17.9 Å². The number of ether oxygens (including phenoxy) is 1. The summed E-state index contributed by atoms with van der Waals surface area (Å²) < 4.78 is 32.0. The monoisotopic (exact) mass is 389 g/mol. The highest BCUT2D eigenvalue weighted by Gasteiger charge is 2.28. The zero-order valence-electron chi connectivity index (χ0n) is 15.2. The molecule has 0 atom stereocenters. The summed E-state index contributed by atoms with van der Waals surface area (Å²) in [5, 5.41) is 2.84. The Kier molecular flexibility index (Phi) is 6.10. The Morgan fingerprint density at radius 3 is 2.30 bits per heavy atom. The molecule has 0 saturated carbocycles. The van der Waals surface area contributed by atoms with Crippen molar-refractivity contribution in [3.63, 3.8) is 0 Å². The van der Waals surface area contributed by atoms with E-state index in [1.807, 2.05) is 17.0 Å². The average molecular weight is 389 g/mol. The largest absolute Gasteiger partial charge is 0.495 e. The number of nitrogens with zero attached hydrogens (tertiary/aromatic N) is 2. The quantitative estimate of drug-likeness (QED) is 0.813. The van der Waals surface area contributed by atoms with Crippen LogP contribution in [-0.2, 0) is 14.8 Å². The normalized spacial score (nSPS) is 16.0. The highest BCUT2D eigenvalue weighted by molar-refractivity contribution is 7.89. The summed E-state index contributed by atoms with van der Waals surface area (Å²) in [5.74, 6) is 0.448. The smallest absolute Gasteiger partial charge is 0.243 e. The Bertz CT molecular complexity index is 879. The summed E-state index contributed by atoms with van der Waals surface area (Å²) in [7, 11) is -1.93. The summed E-state index contributed by atoms with van der Waals surface area (Å²) in [4.78, 5) is 14.6. The van der Waals surface area contributed by atoms with Crippen LogP contribution in [0.2, 0.25) is 0 Å². The van der Waals surface area contributed by atoms with E-state index < -0.39 is 10.0 Å². The minimum absolute atomic E-state index is 0.154. The average Bonchev–Trinajstić information content (AvgIpc) is 2.69. The number of para-hydroxylation sites is 2. The van der Waals surface area contributed by atoms with Crippen LogP contribution in [0.5, 0.6) is 5.75 Å². The number of benzene rings is 2. The Morgan fingerprint density at radius 2 is 1.63 bits per heavy atom. The maximum Gasteiger partial charge on any atom is 0.243 e. The van der Waals surface area contributed by atoms with Crippen LogP contribution in [-0.4, -0.2) is 63.4 Å². The van der Waals surface area contributed by atoms with Gasteiger partial charge in [0.25, 0.3) is 0 Å². The first-order valence-corrected chi connectivity index (χ1v) is 10.1. The van der Waals surface area contributed by atoms with Crippen LogP contribution < -0.4 is 10.1 Å². The van der Waals surface area contributed by atoms with Gasteiger partial charge >= 0.3 is 0 Å². The molecule has 7 nitrogen and oxygen atoms in total. The van der Waals surface area contributed by atoms with Gasteiger partial charge in [-0.3, -0.25) is 9.69 Å². The van der Waals surface area contributed by atoms with Gasteiger partial charge in [-0.1, -0.05) is 30.3 Å². The fraction of sp³-hybridized carbons (Fsp3) is 0.316. The summed E-state index contributed by atoms with van der Waals surface area (Å²) in [6.07, 6.45) is 0. The molecule has 0 aliphatic carbocycles. The molecule has 1 fully saturated rings. The molecule has 0 unspecified atom stereocenters. The molecule has 0 spiro atoms. The lowest BCUT2D eigenvalue weighted by Crippen LogP contribution is -2.50. The van der Waals surface area contributed by atoms with Gasteiger partial charge in [0, 0.05) is 26.2 Å². The molecule has 1 N–H and O–H groups in total. The SMILES string of the molecule is COc1ccccc1NC(=O)CN1CCN(S(=O)(=O)c2ccccc2)CC1. The van der Waals surface area contributed by atoms with E-state index in [0.29, 0.717) is 42.5 Å². The number of hydrogen-bond donors (Lipinski definition) is 1. The summed E-state index contributed by atoms with van der Waals surface area (Å²) in [5.41, 5.74) is 0.621. The standard InChI is InChI=1S/C19H23N3O4S/c1-26-18-10-6-5-9-17(18)20-19(23)15-21-11-13-22(14-12-21)27(24,25)16-7-3-2-4-8-16/h2-10H,11-15H2,1H3,(H,20,23). The minimum atomic E-state index is -3.48. The Balaban J connectivity index is 1.54. The summed E-state index contributed by atoms with van der Waals surface area (Å²) in [6, 6.07) is 15.6. The van der Waals surface area contributed by atoms with Crippen molar-refractivity contribution >= 4 is 21.6 Å². The molecule has 0 bridgehead atoms. The number of nitrogens with one attached hydrogen (secondary N) is 1. The van der Waals surface area contributed by atoms with Crippen LogP contribution in [0.4, 0.5) is 5.69 Å². The number of carbonyl (C=O) groups is 1. The number of piperazine rings is 1. The molecule has 1 amide bonds. The molecule has 2 aromatic carbocycles. The first kappa shape index (κ1) is 19.3. The first-order valence-electron chi connectivity index (χ1n) is 8.71. The number of rotatable bonds is 6. The van der Waals surface area contributed by atoms with Crippen molar-refractivity contribution in [3.05, 3.63) is 54.6 Å². The Hall–Kier alpha value is -2.42. The third kappa shape index (κ3) is 4.65. The number of carbonyl (C=O) groups excluding carboxylic acids is 1. The molecule has 1 saturated heterocycles. The predicted octanol–water partition coefficient (Wildman–Crippen LogP) is 1.64. The van der Waals surface area contributed by atoms with Crippen molar-refractivity contribution in [1.29, 1.82) is 0 Å². The molecule has 0 radical (unpaired) electrons. The summed E-state index contributed by atoms with van der Waals surface area (Å²) >= 11 is 0. The number of methoxy groups -OCH3 is 1. The van der Waals surface area contributed by atoms with E-state index in [4.69, 9.17) is 4.74 Å². The topological polar surface area (TPSA) is 79.0 Å². The second-order valence-electron chi connectivity index (χ2n) is 6.24. The van der Waals surface area contributed by atoms with Gasteiger partial charge in [0.05, 0.1) is 24.2 Å². The van der Waals surface area contributed by atoms with Crippen LogP contribution in [0, 0.1) is 0 Å². The fourth-order valence-electron chi connectivity index (χ4n) is 3.01. The van der Waals surface area contributed by atoms with Crippen LogP contribution >= 0.6 is 0 Å². The van der Waals surface area contributed by atoms with E-state index in [9.17, 15) is 13.2 Å². The number of anilines is 1. The lowest BCUT2D eigenvalue weighted by atomic mass is 10.3. The van der Waals surface area contributed by atoms with Gasteiger partial charge < -0.3 is 10.1 Å². The summed E-state index contributed by atoms with van der Waals surface area (Å²) in [6.45, 7) is 1.94. The van der Waals surface area contributed by atoms with Crippen LogP contribution in [0.25, 0.3) is 0 Å². The zero-order chi connectivity index (χ0) is 19.3. The molecule has 3 rings (SSSR count). The van der Waals surface area contributed by atoms with Gasteiger partial charge in [-0.05, 0) is 24.3 Å². The van der Waals surface area contributed by atoms with Crippen LogP contribution in [0.3, 0.4) is 0 Å². The zero-order valence-corrected chi connectivity index (χ0v) is 16.0. The van der Waals surface area contributed by atoms with E-state index in [2.05, 4.69) is 5.32 Å². The fourth-order valence-corrected chi connectivity index (χ4v) is 4.45. The predicted molar refractivity (Wildman–Crippen MR) is 103 cm³/mol. The van der Waals surface area contributed by atoms with Gasteiger partial charge in [-0.2, -0.15) is 4.31 Å². The molecule has 27 heavy (non-hydrogen) atoms. The van der Waals surface area contributed by atoms with E-state index in [1.54, 1.807) is 49.6 Å². The molecule has 2 aromatic rings. The van der Waals surface area contributed by atoms with Gasteiger partial charge in [0.2, 0.25) is 15.9 Å². The van der Waals surface area contributed by atoms with Crippen molar-refractivity contribution in [2.75, 3.05) is 45.2 Å². The van der Waals surface area contributed by atoms with Crippen molar-refractivity contribution in [3.8, 4) is 5.75 Å². The number of hydrogen-bond acceptors (Lipinski definition) is 5. The molecular weight excluding hydrogens is 366 g/mol. The first-order chi connectivity index (χ1) is 13.0. The minimum Gasteiger partial charge on any atom is -0.495 e. The van der Waals surface area contributed by atoms with Crippen LogP contribution in [0.1, 0.15) is 0 Å². The number of sulfonamides is 1. The Morgan fingerprint density at radius 1 is 1.00 bits per heavy atom. The maximum atomic E-state index is 12.6. The molecule has 8 heteroatoms. The van der Waals surface area contributed by atoms with Gasteiger partial charge in [0.1, 0.15) is 5.75 Å². The number of amides is 1. The molecule has 144 valence electrons.